The number of carbonyl (C=O) groups is 1. The fourth-order valence-corrected chi connectivity index (χ4v) is 2.04. The average Bonchev–Trinajstić information content (AvgIpc) is 2.44. The maximum Gasteiger partial charge on any atom is 0.469 e. The molecule has 1 aliphatic rings. The second-order valence-corrected chi connectivity index (χ2v) is 7.89. The minimum absolute atomic E-state index is 0.200. The minimum atomic E-state index is -0.509. The third kappa shape index (κ3) is 4.72. The summed E-state index contributed by atoms with van der Waals surface area (Å²) < 4.78 is 17.3. The Morgan fingerprint density at radius 3 is 2.00 bits per heavy atom. The molecule has 1 unspecified atom stereocenters. The van der Waals surface area contributed by atoms with E-state index in [-0.39, 0.29) is 11.8 Å². The average molecular weight is 308 g/mol. The molecule has 5 heteroatoms. The summed E-state index contributed by atoms with van der Waals surface area (Å²) in [5.41, 5.74) is -0.459. The molecular weight excluding hydrogens is 279 g/mol. The summed E-state index contributed by atoms with van der Waals surface area (Å²) >= 11 is 0. The van der Waals surface area contributed by atoms with E-state index < -0.39 is 23.9 Å². The molecule has 0 aromatic rings. The van der Waals surface area contributed by atoms with Gasteiger partial charge in [-0.1, -0.05) is 11.6 Å². The summed E-state index contributed by atoms with van der Waals surface area (Å²) in [5, 5.41) is 0. The third-order valence-electron chi connectivity index (χ3n) is 3.98. The molecule has 1 rings (SSSR count). The lowest BCUT2D eigenvalue weighted by atomic mass is 9.68. The van der Waals surface area contributed by atoms with Crippen molar-refractivity contribution in [3.8, 4) is 0 Å². The van der Waals surface area contributed by atoms with Gasteiger partial charge in [0.05, 0.1) is 11.2 Å². The standard InChI is InChI=1S/C17H29BO4/c1-12(2)13(10-11-14(19)20-15(3,4)5)18-21-16(6,7)17(8,9)22-18/h10-11,13H,1H2,2-9H3/b11-10+. The molecular formula is C17H29BO4. The summed E-state index contributed by atoms with van der Waals surface area (Å²) in [6, 6.07) is 0. The predicted molar refractivity (Wildman–Crippen MR) is 89.6 cm³/mol. The van der Waals surface area contributed by atoms with Crippen molar-refractivity contribution in [2.75, 3.05) is 0 Å². The summed E-state index contributed by atoms with van der Waals surface area (Å²) in [6.07, 6.45) is 3.17. The van der Waals surface area contributed by atoms with Gasteiger partial charge in [-0.15, -0.1) is 6.58 Å². The van der Waals surface area contributed by atoms with E-state index in [1.807, 2.05) is 55.4 Å². The van der Waals surface area contributed by atoms with Crippen LogP contribution in [0.1, 0.15) is 55.4 Å². The maximum atomic E-state index is 11.8. The van der Waals surface area contributed by atoms with Crippen LogP contribution in [0.25, 0.3) is 0 Å². The number of hydrogen-bond donors (Lipinski definition) is 0. The van der Waals surface area contributed by atoms with Crippen molar-refractivity contribution in [2.24, 2.45) is 0 Å². The van der Waals surface area contributed by atoms with E-state index in [0.717, 1.165) is 5.57 Å². The highest BCUT2D eigenvalue weighted by molar-refractivity contribution is 6.49. The van der Waals surface area contributed by atoms with Gasteiger partial charge in [0.2, 0.25) is 0 Å². The van der Waals surface area contributed by atoms with Crippen LogP contribution >= 0.6 is 0 Å². The molecule has 22 heavy (non-hydrogen) atoms. The van der Waals surface area contributed by atoms with E-state index >= 15 is 0 Å². The highest BCUT2D eigenvalue weighted by Gasteiger charge is 2.53. The summed E-state index contributed by atoms with van der Waals surface area (Å²) in [7, 11) is -0.457. The fraction of sp³-hybridized carbons (Fsp3) is 0.706. The van der Waals surface area contributed by atoms with Gasteiger partial charge < -0.3 is 14.0 Å². The molecule has 4 nitrogen and oxygen atoms in total. The molecule has 0 amide bonds. The van der Waals surface area contributed by atoms with Crippen molar-refractivity contribution in [1.29, 1.82) is 0 Å². The van der Waals surface area contributed by atoms with Crippen LogP contribution in [0.2, 0.25) is 5.82 Å². The van der Waals surface area contributed by atoms with Crippen molar-refractivity contribution >= 4 is 13.1 Å². The quantitative estimate of drug-likeness (QED) is 0.342. The Labute approximate surface area is 135 Å². The number of rotatable bonds is 4. The van der Waals surface area contributed by atoms with E-state index in [2.05, 4.69) is 6.58 Å². The van der Waals surface area contributed by atoms with Crippen LogP contribution < -0.4 is 0 Å². The molecule has 0 aromatic heterocycles. The molecule has 0 spiro atoms. The fourth-order valence-electron chi connectivity index (χ4n) is 2.04. The Kier molecular flexibility index (Phi) is 5.36. The monoisotopic (exact) mass is 308 g/mol. The molecule has 1 fully saturated rings. The molecule has 1 aliphatic heterocycles. The molecule has 1 saturated heterocycles. The van der Waals surface area contributed by atoms with E-state index in [4.69, 9.17) is 14.0 Å². The topological polar surface area (TPSA) is 44.8 Å². The van der Waals surface area contributed by atoms with Crippen LogP contribution in [0.4, 0.5) is 0 Å². The maximum absolute atomic E-state index is 11.8. The van der Waals surface area contributed by atoms with Gasteiger partial charge in [0, 0.05) is 11.9 Å². The number of carbonyl (C=O) groups excluding carboxylic acids is 1. The van der Waals surface area contributed by atoms with Crippen LogP contribution in [0, 0.1) is 0 Å². The highest BCUT2D eigenvalue weighted by atomic mass is 16.7. The normalized spacial score (nSPS) is 21.9. The lowest BCUT2D eigenvalue weighted by molar-refractivity contribution is -0.148. The molecule has 0 saturated carbocycles. The van der Waals surface area contributed by atoms with Crippen LogP contribution in [0.5, 0.6) is 0 Å². The van der Waals surface area contributed by atoms with Gasteiger partial charge in [-0.2, -0.15) is 0 Å². The number of allylic oxidation sites excluding steroid dienone is 2. The van der Waals surface area contributed by atoms with Crippen LogP contribution in [-0.2, 0) is 18.8 Å². The van der Waals surface area contributed by atoms with E-state index in [9.17, 15) is 4.79 Å². The van der Waals surface area contributed by atoms with Gasteiger partial charge in [0.15, 0.2) is 0 Å². The molecule has 0 aliphatic carbocycles. The van der Waals surface area contributed by atoms with Gasteiger partial charge in [0.1, 0.15) is 5.60 Å². The van der Waals surface area contributed by atoms with Crippen molar-refractivity contribution in [2.45, 2.75) is 78.0 Å². The molecule has 1 atom stereocenters. The highest BCUT2D eigenvalue weighted by Crippen LogP contribution is 2.41. The van der Waals surface area contributed by atoms with Crippen molar-refractivity contribution < 1.29 is 18.8 Å². The smallest absolute Gasteiger partial charge is 0.457 e. The zero-order valence-electron chi connectivity index (χ0n) is 15.1. The number of ether oxygens (including phenoxy) is 1. The molecule has 0 bridgehead atoms. The van der Waals surface area contributed by atoms with Gasteiger partial charge in [-0.05, 0) is 55.4 Å². The molecule has 0 aromatic carbocycles. The Morgan fingerprint density at radius 2 is 1.64 bits per heavy atom. The first-order valence-electron chi connectivity index (χ1n) is 7.67. The largest absolute Gasteiger partial charge is 0.469 e. The Balaban J connectivity index is 2.85. The van der Waals surface area contributed by atoms with E-state index in [1.54, 1.807) is 6.08 Å². The van der Waals surface area contributed by atoms with Crippen LogP contribution in [0.15, 0.2) is 24.3 Å². The first-order valence-corrected chi connectivity index (χ1v) is 7.67. The zero-order chi connectivity index (χ0) is 17.3. The molecule has 124 valence electrons. The number of esters is 1. The van der Waals surface area contributed by atoms with Crippen molar-refractivity contribution in [3.05, 3.63) is 24.3 Å². The second kappa shape index (κ2) is 6.21. The Bertz CT molecular complexity index is 456. The molecule has 0 radical (unpaired) electrons. The number of hydrogen-bond acceptors (Lipinski definition) is 4. The lowest BCUT2D eigenvalue weighted by Gasteiger charge is -2.32. The lowest BCUT2D eigenvalue weighted by Crippen LogP contribution is -2.41. The third-order valence-corrected chi connectivity index (χ3v) is 3.98. The summed E-state index contributed by atoms with van der Waals surface area (Å²) in [5.74, 6) is -0.580. The predicted octanol–water partition coefficient (Wildman–Crippen LogP) is 3.92. The van der Waals surface area contributed by atoms with Crippen molar-refractivity contribution in [3.63, 3.8) is 0 Å². The first-order chi connectivity index (χ1) is 9.75. The van der Waals surface area contributed by atoms with Gasteiger partial charge in [-0.25, -0.2) is 4.79 Å². The minimum Gasteiger partial charge on any atom is -0.457 e. The zero-order valence-corrected chi connectivity index (χ0v) is 15.1. The van der Waals surface area contributed by atoms with Crippen molar-refractivity contribution in [1.82, 2.24) is 0 Å². The summed E-state index contributed by atoms with van der Waals surface area (Å²) in [4.78, 5) is 11.8. The Hall–Kier alpha value is -1.07. The van der Waals surface area contributed by atoms with Crippen LogP contribution in [-0.4, -0.2) is 29.9 Å². The Morgan fingerprint density at radius 1 is 1.18 bits per heavy atom. The molecule has 1 heterocycles. The van der Waals surface area contributed by atoms with Gasteiger partial charge in [-0.3, -0.25) is 0 Å². The SMILES string of the molecule is C=C(C)C(/C=C/C(=O)OC(C)(C)C)B1OC(C)(C)C(C)(C)O1. The van der Waals surface area contributed by atoms with Crippen LogP contribution in [0.3, 0.4) is 0 Å². The second-order valence-electron chi connectivity index (χ2n) is 7.89. The van der Waals surface area contributed by atoms with E-state index in [0.29, 0.717) is 0 Å². The van der Waals surface area contributed by atoms with Gasteiger partial charge in [0.25, 0.3) is 0 Å². The molecule has 0 N–H and O–H groups in total. The first kappa shape index (κ1) is 19.0. The van der Waals surface area contributed by atoms with Gasteiger partial charge >= 0.3 is 13.1 Å². The summed E-state index contributed by atoms with van der Waals surface area (Å²) in [6.45, 7) is 19.4. The van der Waals surface area contributed by atoms with E-state index in [1.165, 1.54) is 6.08 Å².